The van der Waals surface area contributed by atoms with Crippen molar-refractivity contribution in [2.45, 2.75) is 45.4 Å². The molecule has 0 spiro atoms. The molecule has 14 heavy (non-hydrogen) atoms. The highest BCUT2D eigenvalue weighted by Gasteiger charge is 2.22. The van der Waals surface area contributed by atoms with E-state index in [-0.39, 0.29) is 5.41 Å². The summed E-state index contributed by atoms with van der Waals surface area (Å²) in [5.41, 5.74) is 0.0895. The standard InChI is InChI=1S/C11H18ClNO/c1-4-11(2,3)9-8-13-10(14-9)6-5-7-12/h8H,4-7H2,1-3H3. The zero-order chi connectivity index (χ0) is 10.6. The third-order valence-electron chi connectivity index (χ3n) is 2.63. The van der Waals surface area contributed by atoms with E-state index in [4.69, 9.17) is 16.0 Å². The molecule has 0 saturated heterocycles. The van der Waals surface area contributed by atoms with Gasteiger partial charge in [-0.25, -0.2) is 4.98 Å². The average molecular weight is 216 g/mol. The molecular formula is C11H18ClNO. The molecule has 1 rings (SSSR count). The van der Waals surface area contributed by atoms with E-state index in [1.165, 1.54) is 0 Å². The number of aromatic nitrogens is 1. The highest BCUT2D eigenvalue weighted by Crippen LogP contribution is 2.27. The van der Waals surface area contributed by atoms with Gasteiger partial charge in [0, 0.05) is 17.7 Å². The van der Waals surface area contributed by atoms with Crippen LogP contribution < -0.4 is 0 Å². The summed E-state index contributed by atoms with van der Waals surface area (Å²) in [7, 11) is 0. The lowest BCUT2D eigenvalue weighted by Gasteiger charge is -2.18. The smallest absolute Gasteiger partial charge is 0.194 e. The van der Waals surface area contributed by atoms with E-state index in [0.29, 0.717) is 5.88 Å². The van der Waals surface area contributed by atoms with Gasteiger partial charge in [0.05, 0.1) is 6.20 Å². The molecule has 0 aliphatic carbocycles. The maximum absolute atomic E-state index is 5.67. The predicted octanol–water partition coefficient (Wildman–Crippen LogP) is 3.53. The van der Waals surface area contributed by atoms with Crippen LogP contribution in [0.3, 0.4) is 0 Å². The molecule has 0 N–H and O–H groups in total. The van der Waals surface area contributed by atoms with Crippen molar-refractivity contribution >= 4 is 11.6 Å². The second-order valence-corrected chi connectivity index (χ2v) is 4.53. The Labute approximate surface area is 90.7 Å². The molecule has 3 heteroatoms. The molecule has 0 atom stereocenters. The van der Waals surface area contributed by atoms with Crippen LogP contribution in [0.4, 0.5) is 0 Å². The second-order valence-electron chi connectivity index (χ2n) is 4.15. The van der Waals surface area contributed by atoms with Crippen molar-refractivity contribution in [3.8, 4) is 0 Å². The minimum Gasteiger partial charge on any atom is -0.445 e. The Morgan fingerprint density at radius 3 is 2.79 bits per heavy atom. The monoisotopic (exact) mass is 215 g/mol. The number of hydrogen-bond donors (Lipinski definition) is 0. The molecule has 0 saturated carbocycles. The highest BCUT2D eigenvalue weighted by molar-refractivity contribution is 6.17. The molecule has 0 aliphatic rings. The molecule has 0 radical (unpaired) electrons. The van der Waals surface area contributed by atoms with Crippen LogP contribution in [0.1, 0.15) is 45.3 Å². The third-order valence-corrected chi connectivity index (χ3v) is 2.90. The first-order chi connectivity index (χ1) is 6.60. The van der Waals surface area contributed by atoms with Crippen molar-refractivity contribution in [1.82, 2.24) is 4.98 Å². The van der Waals surface area contributed by atoms with E-state index in [9.17, 15) is 0 Å². The van der Waals surface area contributed by atoms with Gasteiger partial charge in [0.25, 0.3) is 0 Å². The molecule has 0 amide bonds. The molecule has 80 valence electrons. The quantitative estimate of drug-likeness (QED) is 0.703. The number of alkyl halides is 1. The summed E-state index contributed by atoms with van der Waals surface area (Å²) in [5.74, 6) is 2.45. The van der Waals surface area contributed by atoms with Crippen LogP contribution in [0, 0.1) is 0 Å². The fourth-order valence-corrected chi connectivity index (χ4v) is 1.26. The largest absolute Gasteiger partial charge is 0.445 e. The van der Waals surface area contributed by atoms with Gasteiger partial charge < -0.3 is 4.42 Å². The molecule has 0 unspecified atom stereocenters. The molecule has 1 aromatic rings. The zero-order valence-corrected chi connectivity index (χ0v) is 9.90. The molecule has 0 fully saturated rings. The Hall–Kier alpha value is -0.500. The van der Waals surface area contributed by atoms with Crippen LogP contribution in [-0.2, 0) is 11.8 Å². The molecule has 2 nitrogen and oxygen atoms in total. The number of aryl methyl sites for hydroxylation is 1. The Kier molecular flexibility index (Phi) is 3.99. The fraction of sp³-hybridized carbons (Fsp3) is 0.727. The van der Waals surface area contributed by atoms with Crippen LogP contribution >= 0.6 is 11.6 Å². The molecule has 1 heterocycles. The summed E-state index contributed by atoms with van der Waals surface area (Å²) in [6, 6.07) is 0. The number of oxazole rings is 1. The lowest BCUT2D eigenvalue weighted by atomic mass is 9.88. The van der Waals surface area contributed by atoms with Gasteiger partial charge in [-0.15, -0.1) is 11.6 Å². The Morgan fingerprint density at radius 2 is 2.21 bits per heavy atom. The summed E-state index contributed by atoms with van der Waals surface area (Å²) in [5, 5.41) is 0. The summed E-state index contributed by atoms with van der Waals surface area (Å²) in [6.07, 6.45) is 4.65. The molecule has 0 bridgehead atoms. The van der Waals surface area contributed by atoms with Crippen LogP contribution in [0.15, 0.2) is 10.6 Å². The first-order valence-corrected chi connectivity index (χ1v) is 5.64. The predicted molar refractivity (Wildman–Crippen MR) is 58.9 cm³/mol. The highest BCUT2D eigenvalue weighted by atomic mass is 35.5. The lowest BCUT2D eigenvalue weighted by Crippen LogP contribution is -2.13. The van der Waals surface area contributed by atoms with Gasteiger partial charge >= 0.3 is 0 Å². The zero-order valence-electron chi connectivity index (χ0n) is 9.14. The van der Waals surface area contributed by atoms with Crippen molar-refractivity contribution in [1.29, 1.82) is 0 Å². The maximum atomic E-state index is 5.67. The van der Waals surface area contributed by atoms with Crippen molar-refractivity contribution < 1.29 is 4.42 Å². The van der Waals surface area contributed by atoms with Gasteiger partial charge in [-0.3, -0.25) is 0 Å². The summed E-state index contributed by atoms with van der Waals surface area (Å²) in [4.78, 5) is 4.24. The van der Waals surface area contributed by atoms with E-state index < -0.39 is 0 Å². The third kappa shape index (κ3) is 2.74. The number of nitrogens with zero attached hydrogens (tertiary/aromatic N) is 1. The van der Waals surface area contributed by atoms with E-state index in [1.54, 1.807) is 0 Å². The average Bonchev–Trinajstić information content (AvgIpc) is 2.63. The molecular weight excluding hydrogens is 198 g/mol. The van der Waals surface area contributed by atoms with Crippen LogP contribution in [0.5, 0.6) is 0 Å². The van der Waals surface area contributed by atoms with Crippen molar-refractivity contribution in [3.05, 3.63) is 17.8 Å². The minimum atomic E-state index is 0.0895. The molecule has 0 aromatic carbocycles. The Bertz CT molecular complexity index is 281. The first-order valence-electron chi connectivity index (χ1n) is 5.11. The van der Waals surface area contributed by atoms with Crippen LogP contribution in [0.2, 0.25) is 0 Å². The Morgan fingerprint density at radius 1 is 1.50 bits per heavy atom. The van der Waals surface area contributed by atoms with Gasteiger partial charge in [0.15, 0.2) is 5.89 Å². The summed E-state index contributed by atoms with van der Waals surface area (Å²) < 4.78 is 5.67. The topological polar surface area (TPSA) is 26.0 Å². The number of hydrogen-bond acceptors (Lipinski definition) is 2. The van der Waals surface area contributed by atoms with Crippen LogP contribution in [-0.4, -0.2) is 10.9 Å². The van der Waals surface area contributed by atoms with Gasteiger partial charge in [-0.1, -0.05) is 20.8 Å². The first kappa shape index (κ1) is 11.6. The number of rotatable bonds is 5. The van der Waals surface area contributed by atoms with E-state index in [2.05, 4.69) is 25.8 Å². The normalized spacial score (nSPS) is 12.0. The van der Waals surface area contributed by atoms with E-state index in [0.717, 1.165) is 30.9 Å². The molecule has 1 aromatic heterocycles. The summed E-state index contributed by atoms with van der Waals surface area (Å²) in [6.45, 7) is 6.48. The van der Waals surface area contributed by atoms with Crippen molar-refractivity contribution in [2.24, 2.45) is 0 Å². The van der Waals surface area contributed by atoms with Gasteiger partial charge in [-0.05, 0) is 12.8 Å². The van der Waals surface area contributed by atoms with E-state index >= 15 is 0 Å². The Balaban J connectivity index is 2.67. The minimum absolute atomic E-state index is 0.0895. The van der Waals surface area contributed by atoms with Crippen molar-refractivity contribution in [3.63, 3.8) is 0 Å². The van der Waals surface area contributed by atoms with E-state index in [1.807, 2.05) is 6.20 Å². The van der Waals surface area contributed by atoms with Crippen molar-refractivity contribution in [2.75, 3.05) is 5.88 Å². The molecule has 0 aliphatic heterocycles. The van der Waals surface area contributed by atoms with Gasteiger partial charge in [-0.2, -0.15) is 0 Å². The lowest BCUT2D eigenvalue weighted by molar-refractivity contribution is 0.355. The second kappa shape index (κ2) is 4.83. The number of halogens is 1. The SMILES string of the molecule is CCC(C)(C)c1cnc(CCCCl)o1. The van der Waals surface area contributed by atoms with Gasteiger partial charge in [0.2, 0.25) is 0 Å². The van der Waals surface area contributed by atoms with Gasteiger partial charge in [0.1, 0.15) is 5.76 Å². The fourth-order valence-electron chi connectivity index (χ4n) is 1.13. The van der Waals surface area contributed by atoms with Crippen LogP contribution in [0.25, 0.3) is 0 Å². The summed E-state index contributed by atoms with van der Waals surface area (Å²) >= 11 is 5.61. The maximum Gasteiger partial charge on any atom is 0.194 e.